The number of aliphatic carboxylic acids is 1. The van der Waals surface area contributed by atoms with E-state index in [2.05, 4.69) is 11.9 Å². The maximum atomic E-state index is 12.2. The lowest BCUT2D eigenvalue weighted by Crippen LogP contribution is -2.40. The zero-order valence-corrected chi connectivity index (χ0v) is 13.6. The van der Waals surface area contributed by atoms with E-state index in [1.54, 1.807) is 12.1 Å². The Bertz CT molecular complexity index is 607. The molecule has 5 heteroatoms. The smallest absolute Gasteiger partial charge is 0.326 e. The van der Waals surface area contributed by atoms with Crippen molar-refractivity contribution in [2.45, 2.75) is 45.6 Å². The second kappa shape index (κ2) is 8.88. The molecule has 0 aliphatic carbocycles. The average Bonchev–Trinajstić information content (AvgIpc) is 2.51. The molecule has 124 valence electrons. The van der Waals surface area contributed by atoms with Crippen molar-refractivity contribution in [3.05, 3.63) is 47.5 Å². The molecule has 1 aromatic rings. The van der Waals surface area contributed by atoms with Crippen LogP contribution in [0.3, 0.4) is 0 Å². The Labute approximate surface area is 136 Å². The molecule has 0 aliphatic heterocycles. The molecule has 0 saturated carbocycles. The third-order valence-corrected chi connectivity index (χ3v) is 3.57. The topological polar surface area (TPSA) is 83.5 Å². The van der Waals surface area contributed by atoms with Gasteiger partial charge in [-0.25, -0.2) is 4.79 Å². The molecule has 0 spiro atoms. The van der Waals surface area contributed by atoms with Gasteiger partial charge in [-0.1, -0.05) is 23.8 Å². The Hall–Kier alpha value is -2.43. The summed E-state index contributed by atoms with van der Waals surface area (Å²) in [6.45, 7) is 7.28. The van der Waals surface area contributed by atoms with Crippen molar-refractivity contribution in [3.8, 4) is 0 Å². The number of hydrogen-bond acceptors (Lipinski definition) is 3. The molecule has 1 amide bonds. The van der Waals surface area contributed by atoms with Crippen molar-refractivity contribution < 1.29 is 19.5 Å². The first kappa shape index (κ1) is 18.6. The van der Waals surface area contributed by atoms with Crippen LogP contribution in [0.1, 0.15) is 47.2 Å². The number of carboxylic acid groups (broad SMARTS) is 1. The van der Waals surface area contributed by atoms with E-state index in [4.69, 9.17) is 5.11 Å². The van der Waals surface area contributed by atoms with Crippen molar-refractivity contribution in [1.82, 2.24) is 5.32 Å². The average molecular weight is 317 g/mol. The van der Waals surface area contributed by atoms with Gasteiger partial charge in [0.15, 0.2) is 5.78 Å². The maximum absolute atomic E-state index is 12.2. The number of amides is 1. The first-order chi connectivity index (χ1) is 10.8. The second-order valence-electron chi connectivity index (χ2n) is 5.57. The second-order valence-corrected chi connectivity index (χ2v) is 5.57. The Morgan fingerprint density at radius 3 is 2.57 bits per heavy atom. The standard InChI is InChI=1S/C18H23NO4/c1-4-5-6-15(18(22)23)19-17(21)10-9-16(20)14-11-12(2)7-8-13(14)3/h4,7-8,11,15H,1,5-6,9-10H2,2-3H3,(H,19,21)(H,22,23). The van der Waals surface area contributed by atoms with Gasteiger partial charge in [0.05, 0.1) is 0 Å². The molecule has 0 bridgehead atoms. The molecule has 1 unspecified atom stereocenters. The number of allylic oxidation sites excluding steroid dienone is 1. The predicted octanol–water partition coefficient (Wildman–Crippen LogP) is 2.80. The Balaban J connectivity index is 2.57. The van der Waals surface area contributed by atoms with Gasteiger partial charge in [-0.3, -0.25) is 9.59 Å². The third-order valence-electron chi connectivity index (χ3n) is 3.57. The van der Waals surface area contributed by atoms with Gasteiger partial charge in [-0.2, -0.15) is 0 Å². The highest BCUT2D eigenvalue weighted by Crippen LogP contribution is 2.14. The van der Waals surface area contributed by atoms with Gasteiger partial charge in [-0.05, 0) is 38.3 Å². The number of nitrogens with one attached hydrogen (secondary N) is 1. The summed E-state index contributed by atoms with van der Waals surface area (Å²) >= 11 is 0. The van der Waals surface area contributed by atoms with Gasteiger partial charge in [0.1, 0.15) is 6.04 Å². The number of aryl methyl sites for hydroxylation is 2. The minimum atomic E-state index is -1.08. The molecule has 5 nitrogen and oxygen atoms in total. The van der Waals surface area contributed by atoms with Crippen LogP contribution in [0, 0.1) is 13.8 Å². The normalized spacial score (nSPS) is 11.6. The van der Waals surface area contributed by atoms with Crippen molar-refractivity contribution in [3.63, 3.8) is 0 Å². The van der Waals surface area contributed by atoms with Crippen LogP contribution >= 0.6 is 0 Å². The first-order valence-corrected chi connectivity index (χ1v) is 7.58. The van der Waals surface area contributed by atoms with Gasteiger partial charge < -0.3 is 10.4 Å². The predicted molar refractivity (Wildman–Crippen MR) is 88.5 cm³/mol. The lowest BCUT2D eigenvalue weighted by Gasteiger charge is -2.13. The quantitative estimate of drug-likeness (QED) is 0.542. The lowest BCUT2D eigenvalue weighted by molar-refractivity contribution is -0.142. The summed E-state index contributed by atoms with van der Waals surface area (Å²) in [7, 11) is 0. The molecular weight excluding hydrogens is 294 g/mol. The van der Waals surface area contributed by atoms with Crippen LogP contribution in [0.25, 0.3) is 0 Å². The number of carbonyl (C=O) groups excluding carboxylic acids is 2. The fourth-order valence-corrected chi connectivity index (χ4v) is 2.21. The van der Waals surface area contributed by atoms with E-state index in [0.29, 0.717) is 12.0 Å². The van der Waals surface area contributed by atoms with Gasteiger partial charge in [-0.15, -0.1) is 6.58 Å². The van der Waals surface area contributed by atoms with E-state index in [9.17, 15) is 14.4 Å². The fourth-order valence-electron chi connectivity index (χ4n) is 2.21. The zero-order valence-electron chi connectivity index (χ0n) is 13.6. The molecule has 0 saturated heterocycles. The molecule has 2 N–H and O–H groups in total. The van der Waals surface area contributed by atoms with Gasteiger partial charge in [0, 0.05) is 18.4 Å². The third kappa shape index (κ3) is 6.06. The Morgan fingerprint density at radius 1 is 1.26 bits per heavy atom. The minimum Gasteiger partial charge on any atom is -0.480 e. The monoisotopic (exact) mass is 317 g/mol. The number of benzene rings is 1. The summed E-state index contributed by atoms with van der Waals surface area (Å²) in [6.07, 6.45) is 2.42. The van der Waals surface area contributed by atoms with Gasteiger partial charge >= 0.3 is 5.97 Å². The summed E-state index contributed by atoms with van der Waals surface area (Å²) in [5, 5.41) is 11.5. The van der Waals surface area contributed by atoms with Crippen LogP contribution in [0.4, 0.5) is 0 Å². The van der Waals surface area contributed by atoms with Crippen molar-refractivity contribution >= 4 is 17.7 Å². The van der Waals surface area contributed by atoms with Gasteiger partial charge in [0.2, 0.25) is 5.91 Å². The zero-order chi connectivity index (χ0) is 17.4. The summed E-state index contributed by atoms with van der Waals surface area (Å²) in [5.41, 5.74) is 2.47. The van der Waals surface area contributed by atoms with Gasteiger partial charge in [0.25, 0.3) is 0 Å². The van der Waals surface area contributed by atoms with E-state index in [1.165, 1.54) is 0 Å². The number of ketones is 1. The molecule has 0 aliphatic rings. The van der Waals surface area contributed by atoms with Crippen LogP contribution in [-0.4, -0.2) is 28.8 Å². The molecular formula is C18H23NO4. The molecule has 0 radical (unpaired) electrons. The lowest BCUT2D eigenvalue weighted by atomic mass is 9.99. The Kier molecular flexibility index (Phi) is 7.19. The number of rotatable bonds is 9. The van der Waals surface area contributed by atoms with Crippen molar-refractivity contribution in [2.24, 2.45) is 0 Å². The SMILES string of the molecule is C=CCCC(NC(=O)CCC(=O)c1cc(C)ccc1C)C(=O)O. The minimum absolute atomic E-state index is 0.0237. The van der Waals surface area contributed by atoms with E-state index >= 15 is 0 Å². The molecule has 23 heavy (non-hydrogen) atoms. The van der Waals surface area contributed by atoms with E-state index in [0.717, 1.165) is 11.1 Å². The maximum Gasteiger partial charge on any atom is 0.326 e. The fraction of sp³-hybridized carbons (Fsp3) is 0.389. The highest BCUT2D eigenvalue weighted by Gasteiger charge is 2.19. The largest absolute Gasteiger partial charge is 0.480 e. The molecule has 0 fully saturated rings. The van der Waals surface area contributed by atoms with Crippen LogP contribution in [-0.2, 0) is 9.59 Å². The van der Waals surface area contributed by atoms with E-state index in [1.807, 2.05) is 26.0 Å². The summed E-state index contributed by atoms with van der Waals surface area (Å²) in [4.78, 5) is 35.1. The molecule has 1 aromatic carbocycles. The number of carbonyl (C=O) groups is 3. The van der Waals surface area contributed by atoms with E-state index < -0.39 is 17.9 Å². The molecule has 0 aromatic heterocycles. The number of hydrogen-bond donors (Lipinski definition) is 2. The van der Waals surface area contributed by atoms with Crippen molar-refractivity contribution in [2.75, 3.05) is 0 Å². The van der Waals surface area contributed by atoms with Crippen LogP contribution in [0.2, 0.25) is 0 Å². The van der Waals surface area contributed by atoms with Crippen molar-refractivity contribution in [1.29, 1.82) is 0 Å². The van der Waals surface area contributed by atoms with Crippen LogP contribution in [0.15, 0.2) is 30.9 Å². The molecule has 0 heterocycles. The molecule has 1 atom stereocenters. The summed E-state index contributed by atoms with van der Waals surface area (Å²) in [5.74, 6) is -1.62. The highest BCUT2D eigenvalue weighted by atomic mass is 16.4. The number of carboxylic acids is 1. The van der Waals surface area contributed by atoms with Crippen LogP contribution in [0.5, 0.6) is 0 Å². The van der Waals surface area contributed by atoms with Crippen LogP contribution < -0.4 is 5.32 Å². The first-order valence-electron chi connectivity index (χ1n) is 7.58. The summed E-state index contributed by atoms with van der Waals surface area (Å²) in [6, 6.07) is 4.66. The summed E-state index contributed by atoms with van der Waals surface area (Å²) < 4.78 is 0. The Morgan fingerprint density at radius 2 is 1.96 bits per heavy atom. The highest BCUT2D eigenvalue weighted by molar-refractivity contribution is 5.99. The van der Waals surface area contributed by atoms with E-state index in [-0.39, 0.29) is 25.0 Å². The number of Topliss-reactive ketones (excluding diaryl/α,β-unsaturated/α-hetero) is 1. The molecule has 1 rings (SSSR count).